The molecule has 0 aromatic carbocycles. The molecule has 5 heteroatoms. The van der Waals surface area contributed by atoms with Gasteiger partial charge in [-0.25, -0.2) is 0 Å². The summed E-state index contributed by atoms with van der Waals surface area (Å²) in [6.45, 7) is 3.28. The van der Waals surface area contributed by atoms with E-state index in [1.807, 2.05) is 4.90 Å². The van der Waals surface area contributed by atoms with E-state index in [1.54, 1.807) is 0 Å². The molecule has 3 fully saturated rings. The lowest BCUT2D eigenvalue weighted by Gasteiger charge is -2.40. The Balaban J connectivity index is 1.27. The number of amides is 1. The van der Waals surface area contributed by atoms with Gasteiger partial charge in [0.05, 0.1) is 18.2 Å². The van der Waals surface area contributed by atoms with E-state index in [2.05, 4.69) is 29.2 Å². The maximum absolute atomic E-state index is 12.7. The molecule has 5 aliphatic rings. The zero-order valence-electron chi connectivity index (χ0n) is 14.2. The van der Waals surface area contributed by atoms with Crippen molar-refractivity contribution < 1.29 is 9.90 Å². The Morgan fingerprint density at radius 2 is 2.38 bits per heavy atom. The van der Waals surface area contributed by atoms with Crippen molar-refractivity contribution in [2.24, 2.45) is 16.8 Å². The molecule has 3 aliphatic carbocycles. The summed E-state index contributed by atoms with van der Waals surface area (Å²) >= 11 is 0. The van der Waals surface area contributed by atoms with E-state index in [-0.39, 0.29) is 17.5 Å². The molecule has 24 heavy (non-hydrogen) atoms. The molecule has 2 bridgehead atoms. The number of hydrogen-bond donors (Lipinski definition) is 2. The molecule has 5 nitrogen and oxygen atoms in total. The first-order valence-corrected chi connectivity index (χ1v) is 9.27. The number of allylic oxidation sites excluding steroid dienone is 1. The molecule has 0 radical (unpaired) electrons. The first kappa shape index (κ1) is 14.9. The minimum absolute atomic E-state index is 0.140. The average Bonchev–Trinajstić information content (AvgIpc) is 3.19. The van der Waals surface area contributed by atoms with E-state index < -0.39 is 5.60 Å². The van der Waals surface area contributed by atoms with Crippen LogP contribution in [0.3, 0.4) is 0 Å². The zero-order chi connectivity index (χ0) is 16.5. The Bertz CT molecular complexity index is 707. The average molecular weight is 327 g/mol. The van der Waals surface area contributed by atoms with Gasteiger partial charge in [-0.3, -0.25) is 10.1 Å². The summed E-state index contributed by atoms with van der Waals surface area (Å²) in [7, 11) is 0. The largest absolute Gasteiger partial charge is 0.390 e. The highest BCUT2D eigenvalue weighted by molar-refractivity contribution is 5.82. The van der Waals surface area contributed by atoms with E-state index in [9.17, 15) is 9.90 Å². The molecule has 5 rings (SSSR count). The SMILES string of the molecule is CC1(NCC(=O)N2CCC[C@H]2C2=C=N2)C=C2CC3CC(O)(CC23)C1. The molecule has 1 saturated heterocycles. The lowest BCUT2D eigenvalue weighted by Crippen LogP contribution is -2.52. The van der Waals surface area contributed by atoms with Crippen molar-refractivity contribution in [3.05, 3.63) is 17.3 Å². The van der Waals surface area contributed by atoms with Crippen LogP contribution in [-0.4, -0.2) is 52.1 Å². The Labute approximate surface area is 142 Å². The van der Waals surface area contributed by atoms with Crippen molar-refractivity contribution in [3.8, 4) is 0 Å². The van der Waals surface area contributed by atoms with Gasteiger partial charge in [0.2, 0.25) is 5.91 Å². The number of likely N-dealkylation sites (tertiary alicyclic amines) is 1. The standard InChI is InChI=1S/C19H25N3O2/c1-18(6-12-5-13-7-19(24,11-18)8-14(12)13)21-10-17(23)22-4-2-3-16(22)15-9-20-15/h6,13-14,16,21,24H,2-5,7-8,10-11H2,1H3/t13?,14?,16-,18?,19?/m0/s1. The quantitative estimate of drug-likeness (QED) is 0.767. The first-order chi connectivity index (χ1) is 11.4. The zero-order valence-corrected chi connectivity index (χ0v) is 14.2. The number of rotatable bonds is 4. The summed E-state index contributed by atoms with van der Waals surface area (Å²) in [6, 6.07) is 0.146. The molecular weight excluding hydrogens is 302 g/mol. The molecule has 0 aromatic rings. The van der Waals surface area contributed by atoms with Gasteiger partial charge in [-0.1, -0.05) is 11.6 Å². The predicted octanol–water partition coefficient (Wildman–Crippen LogP) is 1.38. The van der Waals surface area contributed by atoms with Crippen LogP contribution in [0.15, 0.2) is 22.3 Å². The normalized spacial score (nSPS) is 44.8. The molecule has 2 heterocycles. The summed E-state index contributed by atoms with van der Waals surface area (Å²) in [6.07, 6.45) is 8.04. The number of carbonyl (C=O) groups is 1. The van der Waals surface area contributed by atoms with Gasteiger partial charge < -0.3 is 10.0 Å². The van der Waals surface area contributed by atoms with Crippen LogP contribution < -0.4 is 5.32 Å². The van der Waals surface area contributed by atoms with Crippen LogP contribution in [0.25, 0.3) is 0 Å². The van der Waals surface area contributed by atoms with Crippen LogP contribution in [0.1, 0.15) is 45.4 Å². The van der Waals surface area contributed by atoms with Gasteiger partial charge in [-0.05, 0) is 57.3 Å². The molecule has 2 aliphatic heterocycles. The van der Waals surface area contributed by atoms with Crippen molar-refractivity contribution in [3.63, 3.8) is 0 Å². The number of fused-ring (bicyclic) bond motifs is 1. The highest BCUT2D eigenvalue weighted by Crippen LogP contribution is 2.59. The number of nitrogens with one attached hydrogen (secondary N) is 1. The molecule has 2 saturated carbocycles. The monoisotopic (exact) mass is 327 g/mol. The summed E-state index contributed by atoms with van der Waals surface area (Å²) in [4.78, 5) is 18.7. The maximum Gasteiger partial charge on any atom is 0.237 e. The predicted molar refractivity (Wildman–Crippen MR) is 90.6 cm³/mol. The Kier molecular flexibility index (Phi) is 2.98. The van der Waals surface area contributed by atoms with E-state index in [4.69, 9.17) is 0 Å². The third-order valence-corrected chi connectivity index (χ3v) is 6.76. The third kappa shape index (κ3) is 2.30. The summed E-state index contributed by atoms with van der Waals surface area (Å²) in [5.74, 6) is 4.33. The summed E-state index contributed by atoms with van der Waals surface area (Å²) < 4.78 is 0. The second-order valence-corrected chi connectivity index (χ2v) is 8.72. The second kappa shape index (κ2) is 4.81. The second-order valence-electron chi connectivity index (χ2n) is 8.72. The minimum Gasteiger partial charge on any atom is -0.390 e. The molecule has 4 unspecified atom stereocenters. The fourth-order valence-electron chi connectivity index (χ4n) is 5.71. The third-order valence-electron chi connectivity index (χ3n) is 6.76. The molecule has 1 amide bonds. The smallest absolute Gasteiger partial charge is 0.237 e. The molecule has 5 atom stereocenters. The van der Waals surface area contributed by atoms with Crippen LogP contribution in [0.4, 0.5) is 0 Å². The summed E-state index contributed by atoms with van der Waals surface area (Å²) in [5, 5.41) is 14.4. The van der Waals surface area contributed by atoms with Crippen molar-refractivity contribution in [1.82, 2.24) is 10.2 Å². The highest BCUT2D eigenvalue weighted by atomic mass is 16.3. The van der Waals surface area contributed by atoms with Gasteiger partial charge in [0, 0.05) is 18.0 Å². The van der Waals surface area contributed by atoms with Crippen LogP contribution in [0.2, 0.25) is 0 Å². The molecule has 2 N–H and O–H groups in total. The van der Waals surface area contributed by atoms with Crippen LogP contribution in [0, 0.1) is 11.8 Å². The molecule has 0 aromatic heterocycles. The fraction of sp³-hybridized carbons (Fsp3) is 0.737. The molecule has 128 valence electrons. The van der Waals surface area contributed by atoms with E-state index in [1.165, 1.54) is 5.57 Å². The van der Waals surface area contributed by atoms with Crippen molar-refractivity contribution in [1.29, 1.82) is 0 Å². The summed E-state index contributed by atoms with van der Waals surface area (Å²) in [5.41, 5.74) is 1.60. The van der Waals surface area contributed by atoms with E-state index >= 15 is 0 Å². The molecular formula is C19H25N3O2. The Morgan fingerprint density at radius 1 is 1.54 bits per heavy atom. The van der Waals surface area contributed by atoms with Crippen molar-refractivity contribution >= 4 is 11.8 Å². The number of hydrogen-bond acceptors (Lipinski definition) is 4. The number of nitrogens with zero attached hydrogens (tertiary/aromatic N) is 2. The Hall–Kier alpha value is -1.42. The lowest BCUT2D eigenvalue weighted by molar-refractivity contribution is -0.130. The molecule has 0 spiro atoms. The number of carbonyl (C=O) groups excluding carboxylic acids is 1. The van der Waals surface area contributed by atoms with Gasteiger partial charge in [-0.15, -0.1) is 0 Å². The first-order valence-electron chi connectivity index (χ1n) is 9.27. The lowest BCUT2D eigenvalue weighted by atomic mass is 9.69. The van der Waals surface area contributed by atoms with Crippen molar-refractivity contribution in [2.75, 3.05) is 13.1 Å². The fourth-order valence-corrected chi connectivity index (χ4v) is 5.71. The van der Waals surface area contributed by atoms with Crippen LogP contribution >= 0.6 is 0 Å². The Morgan fingerprint density at radius 3 is 3.17 bits per heavy atom. The van der Waals surface area contributed by atoms with Gasteiger partial charge >= 0.3 is 0 Å². The van der Waals surface area contributed by atoms with Crippen LogP contribution in [0.5, 0.6) is 0 Å². The minimum atomic E-state index is -0.558. The highest BCUT2D eigenvalue weighted by Gasteiger charge is 2.55. The van der Waals surface area contributed by atoms with Crippen LogP contribution in [-0.2, 0) is 4.79 Å². The number of aliphatic hydroxyl groups is 1. The number of aliphatic imine (C=N–C) groups is 1. The topological polar surface area (TPSA) is 64.9 Å². The van der Waals surface area contributed by atoms with E-state index in [0.717, 1.165) is 44.3 Å². The van der Waals surface area contributed by atoms with Crippen molar-refractivity contribution in [2.45, 2.75) is 62.6 Å². The van der Waals surface area contributed by atoms with E-state index in [0.29, 0.717) is 24.8 Å². The van der Waals surface area contributed by atoms with Gasteiger partial charge in [-0.2, -0.15) is 4.99 Å². The van der Waals surface area contributed by atoms with Gasteiger partial charge in [0.25, 0.3) is 0 Å². The van der Waals surface area contributed by atoms with Gasteiger partial charge in [0.1, 0.15) is 5.70 Å². The van der Waals surface area contributed by atoms with Gasteiger partial charge in [0.15, 0.2) is 0 Å². The maximum atomic E-state index is 12.7.